The highest BCUT2D eigenvalue weighted by molar-refractivity contribution is 7.22. The highest BCUT2D eigenvalue weighted by atomic mass is 32.1. The van der Waals surface area contributed by atoms with Crippen LogP contribution < -0.4 is 10.6 Å². The zero-order valence-electron chi connectivity index (χ0n) is 16.6. The maximum Gasteiger partial charge on any atom is 0.321 e. The van der Waals surface area contributed by atoms with E-state index in [1.807, 2.05) is 31.2 Å². The van der Waals surface area contributed by atoms with Gasteiger partial charge in [0.1, 0.15) is 0 Å². The molecule has 0 spiro atoms. The van der Waals surface area contributed by atoms with Crippen LogP contribution in [0, 0.1) is 0 Å². The van der Waals surface area contributed by atoms with Crippen LogP contribution in [0.3, 0.4) is 0 Å². The van der Waals surface area contributed by atoms with Crippen LogP contribution in [0.15, 0.2) is 61.0 Å². The Morgan fingerprint density at radius 2 is 2.20 bits per heavy atom. The average Bonchev–Trinajstić information content (AvgIpc) is 3.13. The van der Waals surface area contributed by atoms with Crippen LogP contribution in [0.5, 0.6) is 0 Å². The van der Waals surface area contributed by atoms with Gasteiger partial charge in [-0.25, -0.2) is 9.78 Å². The molecule has 0 fully saturated rings. The lowest BCUT2D eigenvalue weighted by molar-refractivity contribution is -0.116. The number of aromatic nitrogens is 2. The number of allylic oxidation sites excluding steroid dienone is 4. The van der Waals surface area contributed by atoms with Crippen molar-refractivity contribution in [3.8, 4) is 11.1 Å². The Morgan fingerprint density at radius 1 is 1.30 bits per heavy atom. The molecule has 2 aromatic heterocycles. The predicted octanol–water partition coefficient (Wildman–Crippen LogP) is 5.06. The third kappa shape index (κ3) is 4.31. The molecule has 0 bridgehead atoms. The lowest BCUT2D eigenvalue weighted by Gasteiger charge is -2.16. The van der Waals surface area contributed by atoms with Gasteiger partial charge in [-0.15, -0.1) is 0 Å². The van der Waals surface area contributed by atoms with Gasteiger partial charge in [0, 0.05) is 36.0 Å². The van der Waals surface area contributed by atoms with Crippen molar-refractivity contribution in [3.63, 3.8) is 0 Å². The summed E-state index contributed by atoms with van der Waals surface area (Å²) in [6, 6.07) is 7.62. The van der Waals surface area contributed by atoms with Crippen LogP contribution in [-0.2, 0) is 4.79 Å². The number of thiazole rings is 1. The van der Waals surface area contributed by atoms with Gasteiger partial charge < -0.3 is 5.32 Å². The molecule has 2 N–H and O–H groups in total. The maximum atomic E-state index is 12.8. The topological polar surface area (TPSA) is 84.0 Å². The van der Waals surface area contributed by atoms with Gasteiger partial charge in [0.05, 0.1) is 10.2 Å². The molecule has 0 aliphatic heterocycles. The second-order valence-electron chi connectivity index (χ2n) is 6.98. The largest absolute Gasteiger partial charge is 0.338 e. The summed E-state index contributed by atoms with van der Waals surface area (Å²) in [4.78, 5) is 33.6. The zero-order chi connectivity index (χ0) is 20.9. The minimum atomic E-state index is -0.285. The van der Waals surface area contributed by atoms with Crippen molar-refractivity contribution in [1.82, 2.24) is 15.3 Å². The average molecular weight is 419 g/mol. The summed E-state index contributed by atoms with van der Waals surface area (Å²) >= 11 is 1.42. The monoisotopic (exact) mass is 418 g/mol. The minimum absolute atomic E-state index is 0.0896. The van der Waals surface area contributed by atoms with Gasteiger partial charge in [-0.3, -0.25) is 15.1 Å². The summed E-state index contributed by atoms with van der Waals surface area (Å²) < 4.78 is 0.951. The molecule has 152 valence electrons. The van der Waals surface area contributed by atoms with E-state index >= 15 is 0 Å². The van der Waals surface area contributed by atoms with Gasteiger partial charge in [0.15, 0.2) is 10.9 Å². The molecule has 30 heavy (non-hydrogen) atoms. The summed E-state index contributed by atoms with van der Waals surface area (Å²) in [5.41, 5.74) is 3.61. The number of amides is 2. The number of rotatable bonds is 4. The molecule has 1 aliphatic rings. The maximum absolute atomic E-state index is 12.8. The Hall–Kier alpha value is -3.32. The molecule has 1 aromatic carbocycles. The molecule has 1 atom stereocenters. The van der Waals surface area contributed by atoms with E-state index in [2.05, 4.69) is 32.7 Å². The SMILES string of the molecule is CCNC(=O)Nc1nc2cc(C3CC/C=C\C=C/C3=O)cc(-c3cccnc3)c2s1. The molecule has 2 amide bonds. The number of hydrogen-bond donors (Lipinski definition) is 2. The standard InChI is InChI=1S/C23H22N4O2S/c1-2-25-22(29)27-23-26-19-13-16(17-9-5-3-4-6-10-20(17)28)12-18(21(19)30-23)15-8-7-11-24-14-15/h3-4,6-8,10-14,17H,2,5,9H2,1H3,(H2,25,26,27,29)/b4-3-,10-6-. The van der Waals surface area contributed by atoms with Gasteiger partial charge in [0.25, 0.3) is 0 Å². The van der Waals surface area contributed by atoms with E-state index in [9.17, 15) is 9.59 Å². The summed E-state index contributed by atoms with van der Waals surface area (Å²) in [5.74, 6) is -0.140. The summed E-state index contributed by atoms with van der Waals surface area (Å²) in [6.07, 6.45) is 12.5. The number of benzene rings is 1. The smallest absolute Gasteiger partial charge is 0.321 e. The first kappa shape index (κ1) is 20.0. The molecule has 0 radical (unpaired) electrons. The number of fused-ring (bicyclic) bond motifs is 1. The molecular weight excluding hydrogens is 396 g/mol. The zero-order valence-corrected chi connectivity index (χ0v) is 17.4. The first-order valence-electron chi connectivity index (χ1n) is 9.92. The molecule has 1 aliphatic carbocycles. The fourth-order valence-electron chi connectivity index (χ4n) is 3.52. The lowest BCUT2D eigenvalue weighted by atomic mass is 9.87. The molecule has 3 aromatic rings. The van der Waals surface area contributed by atoms with E-state index in [1.165, 1.54) is 11.3 Å². The number of ketones is 1. The van der Waals surface area contributed by atoms with Crippen molar-refractivity contribution in [2.45, 2.75) is 25.7 Å². The predicted molar refractivity (Wildman–Crippen MR) is 121 cm³/mol. The number of anilines is 1. The summed E-state index contributed by atoms with van der Waals surface area (Å²) in [6.45, 7) is 2.40. The van der Waals surface area contributed by atoms with E-state index in [4.69, 9.17) is 0 Å². The fraction of sp³-hybridized carbons (Fsp3) is 0.217. The minimum Gasteiger partial charge on any atom is -0.338 e. The van der Waals surface area contributed by atoms with Crippen LogP contribution in [0.2, 0.25) is 0 Å². The van der Waals surface area contributed by atoms with Gasteiger partial charge in [-0.2, -0.15) is 0 Å². The Morgan fingerprint density at radius 3 is 3.00 bits per heavy atom. The van der Waals surface area contributed by atoms with Gasteiger partial charge in [0.2, 0.25) is 0 Å². The van der Waals surface area contributed by atoms with E-state index in [0.717, 1.165) is 39.7 Å². The van der Waals surface area contributed by atoms with Crippen molar-refractivity contribution < 1.29 is 9.59 Å². The van der Waals surface area contributed by atoms with Gasteiger partial charge >= 0.3 is 6.03 Å². The Kier molecular flexibility index (Phi) is 5.99. The highest BCUT2D eigenvalue weighted by Crippen LogP contribution is 2.38. The second-order valence-corrected chi connectivity index (χ2v) is 7.98. The number of nitrogens with zero attached hydrogens (tertiary/aromatic N) is 2. The molecule has 0 saturated heterocycles. The van der Waals surface area contributed by atoms with Crippen LogP contribution in [0.4, 0.5) is 9.93 Å². The van der Waals surface area contributed by atoms with Crippen molar-refractivity contribution in [3.05, 3.63) is 66.5 Å². The number of carbonyl (C=O) groups is 2. The third-order valence-corrected chi connectivity index (χ3v) is 5.94. The van der Waals surface area contributed by atoms with Crippen molar-refractivity contribution in [2.75, 3.05) is 11.9 Å². The van der Waals surface area contributed by atoms with E-state index in [1.54, 1.807) is 24.5 Å². The Balaban J connectivity index is 1.82. The molecule has 1 unspecified atom stereocenters. The Bertz CT molecular complexity index is 1130. The lowest BCUT2D eigenvalue weighted by Crippen LogP contribution is -2.28. The van der Waals surface area contributed by atoms with E-state index in [0.29, 0.717) is 11.7 Å². The molecule has 4 rings (SSSR count). The first-order chi connectivity index (χ1) is 14.7. The molecular formula is C23H22N4O2S. The van der Waals surface area contributed by atoms with Crippen LogP contribution >= 0.6 is 11.3 Å². The number of carbonyl (C=O) groups excluding carboxylic acids is 2. The van der Waals surface area contributed by atoms with Crippen LogP contribution in [0.1, 0.15) is 31.2 Å². The van der Waals surface area contributed by atoms with E-state index in [-0.39, 0.29) is 17.7 Å². The second kappa shape index (κ2) is 9.00. The summed E-state index contributed by atoms with van der Waals surface area (Å²) in [5, 5.41) is 6.02. The van der Waals surface area contributed by atoms with Crippen LogP contribution in [0.25, 0.3) is 21.3 Å². The molecule has 0 saturated carbocycles. The third-order valence-electron chi connectivity index (χ3n) is 4.92. The van der Waals surface area contributed by atoms with Gasteiger partial charge in [-0.05, 0) is 49.6 Å². The van der Waals surface area contributed by atoms with Gasteiger partial charge in [-0.1, -0.05) is 35.6 Å². The van der Waals surface area contributed by atoms with Crippen LogP contribution in [-0.4, -0.2) is 28.3 Å². The normalized spacial score (nSPS) is 18.4. The molecule has 7 heteroatoms. The van der Waals surface area contributed by atoms with Crippen molar-refractivity contribution in [2.24, 2.45) is 0 Å². The molecule has 2 heterocycles. The van der Waals surface area contributed by atoms with Crippen molar-refractivity contribution >= 4 is 38.5 Å². The number of hydrogen-bond acceptors (Lipinski definition) is 5. The fourth-order valence-corrected chi connectivity index (χ4v) is 4.50. The van der Waals surface area contributed by atoms with E-state index < -0.39 is 0 Å². The molecule has 6 nitrogen and oxygen atoms in total. The number of pyridine rings is 1. The quantitative estimate of drug-likeness (QED) is 0.620. The number of nitrogens with one attached hydrogen (secondary N) is 2. The van der Waals surface area contributed by atoms with Crippen molar-refractivity contribution in [1.29, 1.82) is 0 Å². The number of urea groups is 1. The summed E-state index contributed by atoms with van der Waals surface area (Å²) in [7, 11) is 0. The first-order valence-corrected chi connectivity index (χ1v) is 10.7. The highest BCUT2D eigenvalue weighted by Gasteiger charge is 2.22. The Labute approximate surface area is 178 Å².